The van der Waals surface area contributed by atoms with E-state index in [1.807, 2.05) is 57.2 Å². The molecule has 2 aromatic carbocycles. The minimum atomic E-state index is -0.122. The van der Waals surface area contributed by atoms with Gasteiger partial charge in [0.05, 0.1) is 6.54 Å². The quantitative estimate of drug-likeness (QED) is 0.786. The summed E-state index contributed by atoms with van der Waals surface area (Å²) in [7, 11) is 0. The first-order valence-electron chi connectivity index (χ1n) is 7.85. The lowest BCUT2D eigenvalue weighted by molar-refractivity contribution is -0.115. The van der Waals surface area contributed by atoms with Gasteiger partial charge in [-0.05, 0) is 50.1 Å². The van der Waals surface area contributed by atoms with Crippen molar-refractivity contribution in [2.45, 2.75) is 27.7 Å². The molecule has 0 spiro atoms. The van der Waals surface area contributed by atoms with Gasteiger partial charge in [-0.1, -0.05) is 23.8 Å². The minimum absolute atomic E-state index is 0.119. The van der Waals surface area contributed by atoms with Gasteiger partial charge in [0.25, 0.3) is 0 Å². The maximum Gasteiger partial charge on any atom is 0.243 e. The average molecular weight is 325 g/mol. The Balaban J connectivity index is 2.00. The smallest absolute Gasteiger partial charge is 0.243 e. The van der Waals surface area contributed by atoms with E-state index in [1.165, 1.54) is 6.92 Å². The van der Waals surface area contributed by atoms with Crippen molar-refractivity contribution < 1.29 is 9.59 Å². The van der Waals surface area contributed by atoms with E-state index in [0.717, 1.165) is 33.8 Å². The van der Waals surface area contributed by atoms with Crippen LogP contribution in [0.2, 0.25) is 0 Å². The zero-order valence-corrected chi connectivity index (χ0v) is 14.5. The van der Waals surface area contributed by atoms with Crippen LogP contribution in [-0.4, -0.2) is 18.4 Å². The molecule has 2 aromatic rings. The van der Waals surface area contributed by atoms with Gasteiger partial charge in [0, 0.05) is 24.0 Å². The number of nitrogens with one attached hydrogen (secondary N) is 3. The van der Waals surface area contributed by atoms with Crippen LogP contribution in [0.15, 0.2) is 36.4 Å². The number of anilines is 3. The van der Waals surface area contributed by atoms with Crippen molar-refractivity contribution in [2.24, 2.45) is 0 Å². The van der Waals surface area contributed by atoms with Crippen molar-refractivity contribution >= 4 is 28.9 Å². The summed E-state index contributed by atoms with van der Waals surface area (Å²) < 4.78 is 0. The number of carbonyl (C=O) groups is 2. The lowest BCUT2D eigenvalue weighted by Crippen LogP contribution is -2.22. The van der Waals surface area contributed by atoms with Crippen molar-refractivity contribution in [3.63, 3.8) is 0 Å². The van der Waals surface area contributed by atoms with E-state index >= 15 is 0 Å². The molecule has 0 bridgehead atoms. The molecule has 0 unspecified atom stereocenters. The number of hydrogen-bond acceptors (Lipinski definition) is 3. The number of rotatable bonds is 5. The molecule has 2 rings (SSSR count). The predicted molar refractivity (Wildman–Crippen MR) is 98.5 cm³/mol. The standard InChI is InChI=1S/C19H23N3O2/c1-12-8-9-16(13(2)10-12)22-19(24)11-20-17-6-5-7-18(14(17)3)21-15(4)23/h5-10,20H,11H2,1-4H3,(H,21,23)(H,22,24). The molecule has 0 radical (unpaired) electrons. The van der Waals surface area contributed by atoms with Crippen LogP contribution in [0.25, 0.3) is 0 Å². The van der Waals surface area contributed by atoms with E-state index < -0.39 is 0 Å². The highest BCUT2D eigenvalue weighted by Gasteiger charge is 2.08. The largest absolute Gasteiger partial charge is 0.376 e. The third-order valence-corrected chi connectivity index (χ3v) is 3.74. The molecule has 0 aliphatic rings. The maximum absolute atomic E-state index is 12.2. The summed E-state index contributed by atoms with van der Waals surface area (Å²) in [6.07, 6.45) is 0. The summed E-state index contributed by atoms with van der Waals surface area (Å²) in [4.78, 5) is 23.4. The molecule has 0 atom stereocenters. The van der Waals surface area contributed by atoms with E-state index in [2.05, 4.69) is 16.0 Å². The van der Waals surface area contributed by atoms with Gasteiger partial charge in [-0.2, -0.15) is 0 Å². The molecule has 0 fully saturated rings. The van der Waals surface area contributed by atoms with E-state index in [-0.39, 0.29) is 18.4 Å². The number of aryl methyl sites for hydroxylation is 2. The highest BCUT2D eigenvalue weighted by atomic mass is 16.2. The van der Waals surface area contributed by atoms with Gasteiger partial charge in [0.1, 0.15) is 0 Å². The van der Waals surface area contributed by atoms with E-state index in [4.69, 9.17) is 0 Å². The molecule has 0 aromatic heterocycles. The summed E-state index contributed by atoms with van der Waals surface area (Å²) in [5.41, 5.74) is 5.46. The van der Waals surface area contributed by atoms with E-state index in [0.29, 0.717) is 0 Å². The number of carbonyl (C=O) groups excluding carboxylic acids is 2. The van der Waals surface area contributed by atoms with Gasteiger partial charge in [-0.3, -0.25) is 9.59 Å². The van der Waals surface area contributed by atoms with E-state index in [1.54, 1.807) is 0 Å². The van der Waals surface area contributed by atoms with Crippen molar-refractivity contribution in [1.82, 2.24) is 0 Å². The van der Waals surface area contributed by atoms with Crippen LogP contribution in [0.5, 0.6) is 0 Å². The average Bonchev–Trinajstić information content (AvgIpc) is 2.50. The van der Waals surface area contributed by atoms with Gasteiger partial charge >= 0.3 is 0 Å². The zero-order valence-electron chi connectivity index (χ0n) is 14.5. The Labute approximate surface area is 142 Å². The van der Waals surface area contributed by atoms with Crippen LogP contribution in [-0.2, 0) is 9.59 Å². The topological polar surface area (TPSA) is 70.2 Å². The summed E-state index contributed by atoms with van der Waals surface area (Å²) >= 11 is 0. The highest BCUT2D eigenvalue weighted by Crippen LogP contribution is 2.23. The van der Waals surface area contributed by atoms with Crippen molar-refractivity contribution in [3.05, 3.63) is 53.1 Å². The Bertz CT molecular complexity index is 769. The molecule has 2 amide bonds. The van der Waals surface area contributed by atoms with Gasteiger partial charge in [-0.15, -0.1) is 0 Å². The molecule has 24 heavy (non-hydrogen) atoms. The number of amides is 2. The molecule has 0 aliphatic carbocycles. The van der Waals surface area contributed by atoms with Gasteiger partial charge in [-0.25, -0.2) is 0 Å². The summed E-state index contributed by atoms with van der Waals surface area (Å²) in [5, 5.41) is 8.79. The van der Waals surface area contributed by atoms with Crippen LogP contribution in [0.1, 0.15) is 23.6 Å². The lowest BCUT2D eigenvalue weighted by atomic mass is 10.1. The summed E-state index contributed by atoms with van der Waals surface area (Å²) in [5.74, 6) is -0.242. The Morgan fingerprint density at radius 2 is 1.62 bits per heavy atom. The molecule has 0 saturated carbocycles. The molecule has 126 valence electrons. The molecule has 0 aliphatic heterocycles. The van der Waals surface area contributed by atoms with E-state index in [9.17, 15) is 9.59 Å². The minimum Gasteiger partial charge on any atom is -0.376 e. The summed E-state index contributed by atoms with van der Waals surface area (Å²) in [6.45, 7) is 7.51. The normalized spacial score (nSPS) is 10.2. The fraction of sp³-hybridized carbons (Fsp3) is 0.263. The second-order valence-electron chi connectivity index (χ2n) is 5.88. The second kappa shape index (κ2) is 7.64. The zero-order chi connectivity index (χ0) is 17.7. The summed E-state index contributed by atoms with van der Waals surface area (Å²) in [6, 6.07) is 11.5. The molecular weight excluding hydrogens is 302 g/mol. The molecule has 5 nitrogen and oxygen atoms in total. The second-order valence-corrected chi connectivity index (χ2v) is 5.88. The van der Waals surface area contributed by atoms with Crippen LogP contribution in [0.3, 0.4) is 0 Å². The number of benzene rings is 2. The SMILES string of the molecule is CC(=O)Nc1cccc(NCC(=O)Nc2ccc(C)cc2C)c1C. The molecule has 5 heteroatoms. The van der Waals surface area contributed by atoms with Crippen molar-refractivity contribution in [3.8, 4) is 0 Å². The van der Waals surface area contributed by atoms with Crippen LogP contribution >= 0.6 is 0 Å². The third-order valence-electron chi connectivity index (χ3n) is 3.74. The van der Waals surface area contributed by atoms with Crippen molar-refractivity contribution in [2.75, 3.05) is 22.5 Å². The third kappa shape index (κ3) is 4.59. The first-order valence-corrected chi connectivity index (χ1v) is 7.85. The first kappa shape index (κ1) is 17.5. The number of hydrogen-bond donors (Lipinski definition) is 3. The molecule has 0 saturated heterocycles. The van der Waals surface area contributed by atoms with Gasteiger partial charge in [0.2, 0.25) is 11.8 Å². The maximum atomic E-state index is 12.2. The Morgan fingerprint density at radius 3 is 2.29 bits per heavy atom. The molecule has 3 N–H and O–H groups in total. The lowest BCUT2D eigenvalue weighted by Gasteiger charge is -2.14. The predicted octanol–water partition coefficient (Wildman–Crippen LogP) is 3.62. The first-order chi connectivity index (χ1) is 11.4. The monoisotopic (exact) mass is 325 g/mol. The highest BCUT2D eigenvalue weighted by molar-refractivity contribution is 5.95. The van der Waals surface area contributed by atoms with Gasteiger partial charge in [0.15, 0.2) is 0 Å². The fourth-order valence-corrected chi connectivity index (χ4v) is 2.48. The Kier molecular flexibility index (Phi) is 5.58. The molecule has 0 heterocycles. The van der Waals surface area contributed by atoms with Crippen LogP contribution < -0.4 is 16.0 Å². The van der Waals surface area contributed by atoms with Crippen LogP contribution in [0, 0.1) is 20.8 Å². The fourth-order valence-electron chi connectivity index (χ4n) is 2.48. The Morgan fingerprint density at radius 1 is 0.917 bits per heavy atom. The Hall–Kier alpha value is -2.82. The van der Waals surface area contributed by atoms with Crippen molar-refractivity contribution in [1.29, 1.82) is 0 Å². The van der Waals surface area contributed by atoms with Gasteiger partial charge < -0.3 is 16.0 Å². The molecular formula is C19H23N3O2. The van der Waals surface area contributed by atoms with Crippen LogP contribution in [0.4, 0.5) is 17.1 Å².